The summed E-state index contributed by atoms with van der Waals surface area (Å²) in [6, 6.07) is 12.2. The second kappa shape index (κ2) is 4.35. The van der Waals surface area contributed by atoms with E-state index in [1.807, 2.05) is 18.2 Å². The number of hydrogen-bond donors (Lipinski definition) is 2. The molecule has 0 unspecified atom stereocenters. The minimum Gasteiger partial charge on any atom is -0.399 e. The van der Waals surface area contributed by atoms with Crippen LogP contribution in [0.25, 0.3) is 22.2 Å². The van der Waals surface area contributed by atoms with Gasteiger partial charge >= 0.3 is 0 Å². The second-order valence-electron chi connectivity index (χ2n) is 4.68. The fourth-order valence-electron chi connectivity index (χ4n) is 2.13. The van der Waals surface area contributed by atoms with Crippen LogP contribution in [-0.4, -0.2) is 24.9 Å². The third kappa shape index (κ3) is 2.14. The molecule has 6 heteroatoms. The quantitative estimate of drug-likeness (QED) is 0.707. The van der Waals surface area contributed by atoms with E-state index in [-0.39, 0.29) is 4.90 Å². The molecule has 3 rings (SSSR count). The van der Waals surface area contributed by atoms with E-state index in [1.165, 1.54) is 6.26 Å². The van der Waals surface area contributed by atoms with Gasteiger partial charge in [-0.05, 0) is 30.3 Å². The van der Waals surface area contributed by atoms with Crippen LogP contribution in [0, 0.1) is 0 Å². The van der Waals surface area contributed by atoms with Crippen LogP contribution in [0.15, 0.2) is 47.4 Å². The van der Waals surface area contributed by atoms with Crippen molar-refractivity contribution in [2.45, 2.75) is 4.90 Å². The molecule has 0 aliphatic heterocycles. The van der Waals surface area contributed by atoms with E-state index in [4.69, 9.17) is 5.73 Å². The molecular formula is C14H13N3O2S. The number of aromatic amines is 1. The summed E-state index contributed by atoms with van der Waals surface area (Å²) in [5, 5.41) is 8.04. The number of anilines is 1. The van der Waals surface area contributed by atoms with Gasteiger partial charge in [0.2, 0.25) is 0 Å². The number of rotatable bonds is 2. The third-order valence-electron chi connectivity index (χ3n) is 3.12. The van der Waals surface area contributed by atoms with Gasteiger partial charge in [0.25, 0.3) is 0 Å². The van der Waals surface area contributed by atoms with Crippen molar-refractivity contribution >= 4 is 26.4 Å². The van der Waals surface area contributed by atoms with Crippen LogP contribution in [0.3, 0.4) is 0 Å². The molecule has 2 aromatic carbocycles. The molecule has 0 bridgehead atoms. The molecule has 5 nitrogen and oxygen atoms in total. The van der Waals surface area contributed by atoms with Gasteiger partial charge in [-0.2, -0.15) is 5.10 Å². The molecule has 0 aliphatic carbocycles. The van der Waals surface area contributed by atoms with Crippen LogP contribution in [0.5, 0.6) is 0 Å². The Morgan fingerprint density at radius 1 is 1.15 bits per heavy atom. The number of nitrogens with zero attached hydrogens (tertiary/aromatic N) is 1. The SMILES string of the molecule is CS(=O)(=O)c1cccc(-c2n[nH]c3ccc(N)cc23)c1. The number of nitrogen functional groups attached to an aromatic ring is 1. The van der Waals surface area contributed by atoms with Crippen molar-refractivity contribution in [3.63, 3.8) is 0 Å². The Labute approximate surface area is 116 Å². The average Bonchev–Trinajstić information content (AvgIpc) is 2.81. The van der Waals surface area contributed by atoms with Crippen molar-refractivity contribution in [3.8, 4) is 11.3 Å². The summed E-state index contributed by atoms with van der Waals surface area (Å²) in [4.78, 5) is 0.273. The lowest BCUT2D eigenvalue weighted by molar-refractivity contribution is 0.602. The molecular weight excluding hydrogens is 274 g/mol. The summed E-state index contributed by atoms with van der Waals surface area (Å²) in [6.07, 6.45) is 1.19. The first kappa shape index (κ1) is 12.7. The molecule has 0 atom stereocenters. The summed E-state index contributed by atoms with van der Waals surface area (Å²) < 4.78 is 23.2. The van der Waals surface area contributed by atoms with Crippen LogP contribution in [0.1, 0.15) is 0 Å². The number of fused-ring (bicyclic) bond motifs is 1. The second-order valence-corrected chi connectivity index (χ2v) is 6.69. The van der Waals surface area contributed by atoms with Crippen LogP contribution in [-0.2, 0) is 9.84 Å². The van der Waals surface area contributed by atoms with E-state index in [0.717, 1.165) is 16.5 Å². The number of benzene rings is 2. The van der Waals surface area contributed by atoms with Gasteiger partial charge in [0.1, 0.15) is 5.69 Å². The first-order chi connectivity index (χ1) is 9.45. The first-order valence-corrected chi connectivity index (χ1v) is 7.88. The Morgan fingerprint density at radius 2 is 1.95 bits per heavy atom. The van der Waals surface area contributed by atoms with E-state index in [1.54, 1.807) is 24.3 Å². The maximum atomic E-state index is 11.6. The summed E-state index contributed by atoms with van der Waals surface area (Å²) >= 11 is 0. The highest BCUT2D eigenvalue weighted by atomic mass is 32.2. The molecule has 0 spiro atoms. The Bertz CT molecular complexity index is 898. The van der Waals surface area contributed by atoms with Crippen molar-refractivity contribution in [3.05, 3.63) is 42.5 Å². The third-order valence-corrected chi connectivity index (χ3v) is 4.23. The van der Waals surface area contributed by atoms with Gasteiger partial charge in [0, 0.05) is 22.9 Å². The van der Waals surface area contributed by atoms with E-state index < -0.39 is 9.84 Å². The fourth-order valence-corrected chi connectivity index (χ4v) is 2.79. The molecule has 0 amide bonds. The van der Waals surface area contributed by atoms with E-state index in [2.05, 4.69) is 10.2 Å². The highest BCUT2D eigenvalue weighted by Gasteiger charge is 2.12. The Kier molecular flexibility index (Phi) is 2.76. The van der Waals surface area contributed by atoms with E-state index in [0.29, 0.717) is 11.4 Å². The van der Waals surface area contributed by atoms with Gasteiger partial charge in [0.05, 0.1) is 10.4 Å². The molecule has 102 valence electrons. The summed E-state index contributed by atoms with van der Waals surface area (Å²) in [7, 11) is -3.24. The lowest BCUT2D eigenvalue weighted by Gasteiger charge is -2.02. The summed E-state index contributed by atoms with van der Waals surface area (Å²) in [5.74, 6) is 0. The zero-order valence-corrected chi connectivity index (χ0v) is 11.6. The van der Waals surface area contributed by atoms with Crippen molar-refractivity contribution in [2.75, 3.05) is 12.0 Å². The number of H-pyrrole nitrogens is 1. The van der Waals surface area contributed by atoms with Gasteiger partial charge in [-0.15, -0.1) is 0 Å². The summed E-state index contributed by atoms with van der Waals surface area (Å²) in [5.41, 5.74) is 8.72. The number of nitrogens with one attached hydrogen (secondary N) is 1. The Hall–Kier alpha value is -2.34. The topological polar surface area (TPSA) is 88.8 Å². The van der Waals surface area contributed by atoms with Gasteiger partial charge in [-0.3, -0.25) is 5.10 Å². The van der Waals surface area contributed by atoms with Crippen molar-refractivity contribution in [1.82, 2.24) is 10.2 Å². The lowest BCUT2D eigenvalue weighted by atomic mass is 10.1. The molecule has 3 N–H and O–H groups in total. The van der Waals surface area contributed by atoms with Crippen LogP contribution in [0.4, 0.5) is 5.69 Å². The molecule has 20 heavy (non-hydrogen) atoms. The highest BCUT2D eigenvalue weighted by Crippen LogP contribution is 2.28. The minimum absolute atomic E-state index is 0.273. The Balaban J connectivity index is 2.23. The van der Waals surface area contributed by atoms with E-state index in [9.17, 15) is 8.42 Å². The zero-order valence-electron chi connectivity index (χ0n) is 10.8. The van der Waals surface area contributed by atoms with Crippen molar-refractivity contribution in [1.29, 1.82) is 0 Å². The molecule has 0 radical (unpaired) electrons. The maximum absolute atomic E-state index is 11.6. The molecule has 0 saturated heterocycles. The predicted octanol–water partition coefficient (Wildman–Crippen LogP) is 2.22. The molecule has 3 aromatic rings. The fraction of sp³-hybridized carbons (Fsp3) is 0.0714. The van der Waals surface area contributed by atoms with Crippen molar-refractivity contribution in [2.24, 2.45) is 0 Å². The number of hydrogen-bond acceptors (Lipinski definition) is 4. The number of nitrogens with two attached hydrogens (primary N) is 1. The minimum atomic E-state index is -3.24. The lowest BCUT2D eigenvalue weighted by Crippen LogP contribution is -1.96. The standard InChI is InChI=1S/C14H13N3O2S/c1-20(18,19)11-4-2-3-9(7-11)14-12-8-10(15)5-6-13(12)16-17-14/h2-8H,15H2,1H3,(H,16,17). The molecule has 0 aliphatic rings. The van der Waals surface area contributed by atoms with Gasteiger partial charge < -0.3 is 5.73 Å². The predicted molar refractivity (Wildman–Crippen MR) is 79.1 cm³/mol. The van der Waals surface area contributed by atoms with Gasteiger partial charge in [-0.1, -0.05) is 12.1 Å². The summed E-state index contributed by atoms with van der Waals surface area (Å²) in [6.45, 7) is 0. The maximum Gasteiger partial charge on any atom is 0.175 e. The Morgan fingerprint density at radius 3 is 2.70 bits per heavy atom. The molecule has 1 heterocycles. The molecule has 1 aromatic heterocycles. The van der Waals surface area contributed by atoms with Gasteiger partial charge in [-0.25, -0.2) is 8.42 Å². The van der Waals surface area contributed by atoms with Crippen LogP contribution >= 0.6 is 0 Å². The van der Waals surface area contributed by atoms with E-state index >= 15 is 0 Å². The average molecular weight is 287 g/mol. The highest BCUT2D eigenvalue weighted by molar-refractivity contribution is 7.90. The van der Waals surface area contributed by atoms with Crippen LogP contribution < -0.4 is 5.73 Å². The van der Waals surface area contributed by atoms with Crippen LogP contribution in [0.2, 0.25) is 0 Å². The number of sulfone groups is 1. The first-order valence-electron chi connectivity index (χ1n) is 5.99. The molecule has 0 saturated carbocycles. The van der Waals surface area contributed by atoms with Gasteiger partial charge in [0.15, 0.2) is 9.84 Å². The monoisotopic (exact) mass is 287 g/mol. The largest absolute Gasteiger partial charge is 0.399 e. The smallest absolute Gasteiger partial charge is 0.175 e. The van der Waals surface area contributed by atoms with Crippen molar-refractivity contribution < 1.29 is 8.42 Å². The number of aromatic nitrogens is 2. The molecule has 0 fully saturated rings. The zero-order chi connectivity index (χ0) is 14.3. The normalized spacial score (nSPS) is 11.8.